The van der Waals surface area contributed by atoms with E-state index in [0.717, 1.165) is 22.2 Å². The van der Waals surface area contributed by atoms with E-state index in [-0.39, 0.29) is 5.82 Å². The molecule has 22 heavy (non-hydrogen) atoms. The molecule has 0 aliphatic heterocycles. The zero-order valence-electron chi connectivity index (χ0n) is 12.1. The van der Waals surface area contributed by atoms with Gasteiger partial charge in [0.2, 0.25) is 0 Å². The smallest absolute Gasteiger partial charge is 0.149 e. The summed E-state index contributed by atoms with van der Waals surface area (Å²) in [5.41, 5.74) is 3.02. The summed E-state index contributed by atoms with van der Waals surface area (Å²) in [6.07, 6.45) is 0. The van der Waals surface area contributed by atoms with Crippen LogP contribution in [0.4, 0.5) is 4.39 Å². The van der Waals surface area contributed by atoms with Gasteiger partial charge in [-0.15, -0.1) is 0 Å². The van der Waals surface area contributed by atoms with Crippen LogP contribution >= 0.6 is 11.6 Å². The maximum atomic E-state index is 13.9. The minimum absolute atomic E-state index is 0.312. The first-order valence-electron chi connectivity index (χ1n) is 7.01. The summed E-state index contributed by atoms with van der Waals surface area (Å²) >= 11 is 6.11. The van der Waals surface area contributed by atoms with Gasteiger partial charge in [-0.3, -0.25) is 4.98 Å². The van der Waals surface area contributed by atoms with Gasteiger partial charge in [0, 0.05) is 16.1 Å². The molecule has 0 amide bonds. The average molecular weight is 316 g/mol. The quantitative estimate of drug-likeness (QED) is 0.672. The fourth-order valence-corrected chi connectivity index (χ4v) is 2.62. The van der Waals surface area contributed by atoms with Crippen LogP contribution in [0.25, 0.3) is 10.9 Å². The number of nitrogens with zero attached hydrogens (tertiary/aromatic N) is 1. The zero-order chi connectivity index (χ0) is 15.5. The molecule has 0 saturated carbocycles. The Balaban J connectivity index is 1.82. The van der Waals surface area contributed by atoms with Crippen LogP contribution in [0.3, 0.4) is 0 Å². The normalized spacial score (nSPS) is 11.0. The van der Waals surface area contributed by atoms with E-state index in [4.69, 9.17) is 16.3 Å². The summed E-state index contributed by atoms with van der Waals surface area (Å²) in [5, 5.41) is 1.47. The van der Waals surface area contributed by atoms with Crippen LogP contribution < -0.4 is 0 Å². The van der Waals surface area contributed by atoms with Crippen LogP contribution in [0.5, 0.6) is 0 Å². The molecule has 2 aromatic carbocycles. The Morgan fingerprint density at radius 3 is 2.64 bits per heavy atom. The summed E-state index contributed by atoms with van der Waals surface area (Å²) in [6, 6.07) is 14.5. The minimum atomic E-state index is -0.312. The highest BCUT2D eigenvalue weighted by Crippen LogP contribution is 2.22. The number of rotatable bonds is 4. The van der Waals surface area contributed by atoms with Gasteiger partial charge in [-0.25, -0.2) is 4.39 Å². The molecule has 0 spiro atoms. The molecular formula is C18H15ClFNO. The molecule has 1 heterocycles. The van der Waals surface area contributed by atoms with Gasteiger partial charge in [0.15, 0.2) is 0 Å². The van der Waals surface area contributed by atoms with E-state index >= 15 is 0 Å². The largest absolute Gasteiger partial charge is 0.372 e. The Kier molecular flexibility index (Phi) is 4.36. The van der Waals surface area contributed by atoms with Crippen LogP contribution in [0.1, 0.15) is 16.8 Å². The zero-order valence-corrected chi connectivity index (χ0v) is 12.9. The highest BCUT2D eigenvalue weighted by Gasteiger charge is 2.08. The molecule has 2 nitrogen and oxygen atoms in total. The van der Waals surface area contributed by atoms with E-state index in [0.29, 0.717) is 23.8 Å². The Labute approximate surface area is 133 Å². The molecule has 0 atom stereocenters. The van der Waals surface area contributed by atoms with Crippen molar-refractivity contribution in [1.29, 1.82) is 0 Å². The van der Waals surface area contributed by atoms with Gasteiger partial charge in [-0.1, -0.05) is 41.9 Å². The van der Waals surface area contributed by atoms with Crippen molar-refractivity contribution in [2.45, 2.75) is 20.1 Å². The number of ether oxygens (including phenoxy) is 1. The molecule has 3 aromatic rings. The third kappa shape index (κ3) is 3.11. The summed E-state index contributed by atoms with van der Waals surface area (Å²) in [5.74, 6) is -0.312. The van der Waals surface area contributed by atoms with Crippen molar-refractivity contribution in [2.24, 2.45) is 0 Å². The topological polar surface area (TPSA) is 22.1 Å². The molecule has 0 aliphatic carbocycles. The van der Waals surface area contributed by atoms with E-state index in [1.807, 2.05) is 43.3 Å². The monoisotopic (exact) mass is 315 g/mol. The number of aromatic nitrogens is 1. The summed E-state index contributed by atoms with van der Waals surface area (Å²) in [7, 11) is 0. The Bertz CT molecular complexity index is 819. The molecule has 112 valence electrons. The number of fused-ring (bicyclic) bond motifs is 1. The van der Waals surface area contributed by atoms with E-state index in [9.17, 15) is 4.39 Å². The van der Waals surface area contributed by atoms with Gasteiger partial charge in [-0.05, 0) is 36.2 Å². The van der Waals surface area contributed by atoms with Gasteiger partial charge in [-0.2, -0.15) is 0 Å². The molecule has 0 saturated heterocycles. The average Bonchev–Trinajstić information content (AvgIpc) is 2.50. The molecule has 0 radical (unpaired) electrons. The van der Waals surface area contributed by atoms with Crippen molar-refractivity contribution in [2.75, 3.05) is 0 Å². The number of hydrogen-bond acceptors (Lipinski definition) is 2. The number of hydrogen-bond donors (Lipinski definition) is 0. The lowest BCUT2D eigenvalue weighted by molar-refractivity contribution is 0.108. The summed E-state index contributed by atoms with van der Waals surface area (Å²) in [4.78, 5) is 4.26. The number of aryl methyl sites for hydroxylation is 1. The van der Waals surface area contributed by atoms with Crippen molar-refractivity contribution >= 4 is 22.5 Å². The highest BCUT2D eigenvalue weighted by molar-refractivity contribution is 6.31. The fourth-order valence-electron chi connectivity index (χ4n) is 2.43. The van der Waals surface area contributed by atoms with Gasteiger partial charge in [0.05, 0.1) is 13.2 Å². The predicted octanol–water partition coefficient (Wildman–Crippen LogP) is 5.05. The predicted molar refractivity (Wildman–Crippen MR) is 86.4 cm³/mol. The first-order valence-corrected chi connectivity index (χ1v) is 7.39. The van der Waals surface area contributed by atoms with Crippen LogP contribution in [-0.4, -0.2) is 4.98 Å². The second kappa shape index (κ2) is 6.42. The maximum absolute atomic E-state index is 13.9. The number of halogens is 2. The van der Waals surface area contributed by atoms with E-state index in [2.05, 4.69) is 4.98 Å². The van der Waals surface area contributed by atoms with Gasteiger partial charge < -0.3 is 4.74 Å². The highest BCUT2D eigenvalue weighted by atomic mass is 35.5. The molecule has 0 fully saturated rings. The molecule has 4 heteroatoms. The SMILES string of the molecule is Cc1cc(COCc2ccccc2Cl)c2cccc(F)c2n1. The Morgan fingerprint density at radius 2 is 1.82 bits per heavy atom. The van der Waals surface area contributed by atoms with E-state index in [1.165, 1.54) is 6.07 Å². The lowest BCUT2D eigenvalue weighted by Gasteiger charge is -2.10. The summed E-state index contributed by atoms with van der Waals surface area (Å²) < 4.78 is 19.6. The fraction of sp³-hybridized carbons (Fsp3) is 0.167. The number of benzene rings is 2. The second-order valence-electron chi connectivity index (χ2n) is 5.14. The third-order valence-corrected chi connectivity index (χ3v) is 3.85. The molecule has 0 bridgehead atoms. The van der Waals surface area contributed by atoms with Gasteiger partial charge >= 0.3 is 0 Å². The number of para-hydroxylation sites is 1. The molecule has 0 N–H and O–H groups in total. The molecule has 0 unspecified atom stereocenters. The maximum Gasteiger partial charge on any atom is 0.149 e. The lowest BCUT2D eigenvalue weighted by atomic mass is 10.1. The van der Waals surface area contributed by atoms with Crippen LogP contribution in [0, 0.1) is 12.7 Å². The molecule has 3 rings (SSSR count). The number of pyridine rings is 1. The third-order valence-electron chi connectivity index (χ3n) is 3.48. The second-order valence-corrected chi connectivity index (χ2v) is 5.55. The van der Waals surface area contributed by atoms with Crippen molar-refractivity contribution in [3.63, 3.8) is 0 Å². The first-order chi connectivity index (χ1) is 10.6. The molecule has 0 aliphatic rings. The van der Waals surface area contributed by atoms with Crippen LogP contribution in [-0.2, 0) is 18.0 Å². The van der Waals surface area contributed by atoms with E-state index < -0.39 is 0 Å². The molecular weight excluding hydrogens is 301 g/mol. The first kappa shape index (κ1) is 14.9. The van der Waals surface area contributed by atoms with Gasteiger partial charge in [0.25, 0.3) is 0 Å². The van der Waals surface area contributed by atoms with Crippen LogP contribution in [0.2, 0.25) is 5.02 Å². The Hall–Kier alpha value is -1.97. The van der Waals surface area contributed by atoms with E-state index in [1.54, 1.807) is 6.07 Å². The lowest BCUT2D eigenvalue weighted by Crippen LogP contribution is -1.99. The van der Waals surface area contributed by atoms with Crippen molar-refractivity contribution in [3.05, 3.63) is 76.2 Å². The van der Waals surface area contributed by atoms with Crippen LogP contribution in [0.15, 0.2) is 48.5 Å². The van der Waals surface area contributed by atoms with Crippen molar-refractivity contribution in [1.82, 2.24) is 4.98 Å². The van der Waals surface area contributed by atoms with Crippen molar-refractivity contribution < 1.29 is 9.13 Å². The molecule has 1 aromatic heterocycles. The Morgan fingerprint density at radius 1 is 1.05 bits per heavy atom. The standard InChI is InChI=1S/C18H15ClFNO/c1-12-9-14(15-6-4-8-17(20)18(15)21-12)11-22-10-13-5-2-3-7-16(13)19/h2-9H,10-11H2,1H3. The van der Waals surface area contributed by atoms with Crippen molar-refractivity contribution in [3.8, 4) is 0 Å². The minimum Gasteiger partial charge on any atom is -0.372 e. The van der Waals surface area contributed by atoms with Gasteiger partial charge in [0.1, 0.15) is 11.3 Å². The summed E-state index contributed by atoms with van der Waals surface area (Å²) in [6.45, 7) is 2.65.